The summed E-state index contributed by atoms with van der Waals surface area (Å²) in [6, 6.07) is 5.14. The monoisotopic (exact) mass is 294 g/mol. The summed E-state index contributed by atoms with van der Waals surface area (Å²) < 4.78 is 10.1. The molecule has 0 aromatic heterocycles. The number of aryl methyl sites for hydroxylation is 1. The number of rotatable bonds is 4. The number of hydrogen-bond acceptors (Lipinski definition) is 6. The third kappa shape index (κ3) is 3.69. The average molecular weight is 294 g/mol. The van der Waals surface area contributed by atoms with Crippen LogP contribution in [0.1, 0.15) is 12.0 Å². The number of benzene rings is 1. The van der Waals surface area contributed by atoms with E-state index >= 15 is 0 Å². The molecule has 0 amide bonds. The zero-order valence-corrected chi connectivity index (χ0v) is 12.1. The molecule has 114 valence electrons. The lowest BCUT2D eigenvalue weighted by atomic mass is 10.1. The number of nitro groups is 1. The zero-order valence-electron chi connectivity index (χ0n) is 12.1. The summed E-state index contributed by atoms with van der Waals surface area (Å²) in [6.07, 6.45) is -0.167. The van der Waals surface area contributed by atoms with Gasteiger partial charge < -0.3 is 14.4 Å². The van der Waals surface area contributed by atoms with Crippen LogP contribution in [0, 0.1) is 17.0 Å². The van der Waals surface area contributed by atoms with Crippen molar-refractivity contribution in [2.24, 2.45) is 0 Å². The summed E-state index contributed by atoms with van der Waals surface area (Å²) >= 11 is 0. The molecule has 21 heavy (non-hydrogen) atoms. The number of nitrogens with zero attached hydrogens (tertiary/aromatic N) is 2. The third-order valence-electron chi connectivity index (χ3n) is 3.43. The average Bonchev–Trinajstić information content (AvgIpc) is 2.47. The Bertz CT molecular complexity index is 546. The van der Waals surface area contributed by atoms with E-state index in [-0.39, 0.29) is 29.1 Å². The SMILES string of the molecule is COC(=O)CC1CN(c2ccc(C)cc2[N+](=O)[O-])CCO1. The fraction of sp³-hybridized carbons (Fsp3) is 0.500. The van der Waals surface area contributed by atoms with Crippen LogP contribution < -0.4 is 4.90 Å². The second-order valence-corrected chi connectivity index (χ2v) is 4.97. The number of methoxy groups -OCH3 is 1. The molecule has 1 unspecified atom stereocenters. The second kappa shape index (κ2) is 6.53. The molecule has 1 fully saturated rings. The predicted molar refractivity (Wildman–Crippen MR) is 76.4 cm³/mol. The zero-order chi connectivity index (χ0) is 15.4. The molecule has 0 N–H and O–H groups in total. The molecule has 0 radical (unpaired) electrons. The lowest BCUT2D eigenvalue weighted by molar-refractivity contribution is -0.384. The van der Waals surface area contributed by atoms with E-state index in [2.05, 4.69) is 4.74 Å². The van der Waals surface area contributed by atoms with Crippen molar-refractivity contribution in [2.75, 3.05) is 31.7 Å². The van der Waals surface area contributed by atoms with E-state index in [9.17, 15) is 14.9 Å². The maximum Gasteiger partial charge on any atom is 0.308 e. The molecule has 1 aliphatic rings. The minimum atomic E-state index is -0.382. The summed E-state index contributed by atoms with van der Waals surface area (Å²) in [5.74, 6) is -0.347. The largest absolute Gasteiger partial charge is 0.469 e. The van der Waals surface area contributed by atoms with Crippen molar-refractivity contribution in [3.05, 3.63) is 33.9 Å². The molecule has 0 saturated carbocycles. The number of nitro benzene ring substituents is 1. The molecular formula is C14H18N2O5. The summed E-state index contributed by atoms with van der Waals surface area (Å²) in [6.45, 7) is 3.23. The number of hydrogen-bond donors (Lipinski definition) is 0. The molecule has 0 aliphatic carbocycles. The Labute approximate surface area is 122 Å². The van der Waals surface area contributed by atoms with Crippen LogP contribution in [0.2, 0.25) is 0 Å². The van der Waals surface area contributed by atoms with Gasteiger partial charge in [-0.3, -0.25) is 14.9 Å². The molecule has 1 aromatic rings. The maximum absolute atomic E-state index is 11.3. The van der Waals surface area contributed by atoms with Crippen molar-refractivity contribution in [2.45, 2.75) is 19.4 Å². The lowest BCUT2D eigenvalue weighted by Gasteiger charge is -2.33. The Morgan fingerprint density at radius 3 is 3.00 bits per heavy atom. The predicted octanol–water partition coefficient (Wildman–Crippen LogP) is 1.67. The van der Waals surface area contributed by atoms with E-state index in [1.165, 1.54) is 7.11 Å². The fourth-order valence-electron chi connectivity index (χ4n) is 2.38. The minimum Gasteiger partial charge on any atom is -0.469 e. The van der Waals surface area contributed by atoms with E-state index in [4.69, 9.17) is 4.74 Å². The minimum absolute atomic E-state index is 0.0775. The Hall–Kier alpha value is -2.15. The fourth-order valence-corrected chi connectivity index (χ4v) is 2.38. The topological polar surface area (TPSA) is 81.9 Å². The van der Waals surface area contributed by atoms with Crippen LogP contribution in [-0.4, -0.2) is 43.8 Å². The molecule has 0 bridgehead atoms. The normalized spacial score (nSPS) is 18.4. The van der Waals surface area contributed by atoms with Gasteiger partial charge in [0.1, 0.15) is 5.69 Å². The molecule has 2 rings (SSSR count). The Balaban J connectivity index is 2.18. The number of morpholine rings is 1. The van der Waals surface area contributed by atoms with Gasteiger partial charge in [0.05, 0.1) is 31.2 Å². The van der Waals surface area contributed by atoms with E-state index in [0.29, 0.717) is 25.4 Å². The van der Waals surface area contributed by atoms with Crippen LogP contribution in [0.25, 0.3) is 0 Å². The first kappa shape index (κ1) is 15.2. The number of carbonyl (C=O) groups excluding carboxylic acids is 1. The molecule has 7 nitrogen and oxygen atoms in total. The first-order chi connectivity index (χ1) is 10.0. The molecule has 0 spiro atoms. The van der Waals surface area contributed by atoms with Gasteiger partial charge >= 0.3 is 5.97 Å². The van der Waals surface area contributed by atoms with Gasteiger partial charge in [-0.25, -0.2) is 0 Å². The number of ether oxygens (including phenoxy) is 2. The summed E-state index contributed by atoms with van der Waals surface area (Å²) in [4.78, 5) is 24.0. The van der Waals surface area contributed by atoms with E-state index in [0.717, 1.165) is 5.56 Å². The second-order valence-electron chi connectivity index (χ2n) is 4.97. The number of anilines is 1. The summed E-state index contributed by atoms with van der Waals surface area (Å²) in [5.41, 5.74) is 1.47. The van der Waals surface area contributed by atoms with Crippen LogP contribution in [-0.2, 0) is 14.3 Å². The standard InChI is InChI=1S/C14H18N2O5/c1-10-3-4-12(13(7-10)16(18)19)15-5-6-21-11(9-15)8-14(17)20-2/h3-4,7,11H,5-6,8-9H2,1-2H3. The van der Waals surface area contributed by atoms with Crippen LogP contribution in [0.5, 0.6) is 0 Å². The first-order valence-electron chi connectivity index (χ1n) is 6.69. The van der Waals surface area contributed by atoms with Crippen molar-refractivity contribution in [3.8, 4) is 0 Å². The van der Waals surface area contributed by atoms with Crippen molar-refractivity contribution in [1.82, 2.24) is 0 Å². The van der Waals surface area contributed by atoms with Gasteiger partial charge in [0, 0.05) is 19.2 Å². The smallest absolute Gasteiger partial charge is 0.308 e. The van der Waals surface area contributed by atoms with Crippen LogP contribution in [0.4, 0.5) is 11.4 Å². The first-order valence-corrected chi connectivity index (χ1v) is 6.69. The van der Waals surface area contributed by atoms with Crippen LogP contribution in [0.3, 0.4) is 0 Å². The van der Waals surface area contributed by atoms with Crippen molar-refractivity contribution < 1.29 is 19.2 Å². The van der Waals surface area contributed by atoms with Crippen molar-refractivity contribution in [3.63, 3.8) is 0 Å². The molecular weight excluding hydrogens is 276 g/mol. The lowest BCUT2D eigenvalue weighted by Crippen LogP contribution is -2.43. The van der Waals surface area contributed by atoms with Crippen molar-refractivity contribution >= 4 is 17.3 Å². The van der Waals surface area contributed by atoms with Crippen molar-refractivity contribution in [1.29, 1.82) is 0 Å². The highest BCUT2D eigenvalue weighted by molar-refractivity contribution is 5.70. The molecule has 7 heteroatoms. The van der Waals surface area contributed by atoms with Gasteiger partial charge in [-0.05, 0) is 18.6 Å². The quantitative estimate of drug-likeness (QED) is 0.477. The number of esters is 1. The van der Waals surface area contributed by atoms with Gasteiger partial charge in [0.15, 0.2) is 0 Å². The van der Waals surface area contributed by atoms with Gasteiger partial charge in [0.2, 0.25) is 0 Å². The highest BCUT2D eigenvalue weighted by Crippen LogP contribution is 2.30. The van der Waals surface area contributed by atoms with Crippen LogP contribution in [0.15, 0.2) is 18.2 Å². The third-order valence-corrected chi connectivity index (χ3v) is 3.43. The summed E-state index contributed by atoms with van der Waals surface area (Å²) in [7, 11) is 1.33. The Kier molecular flexibility index (Phi) is 4.74. The molecule has 1 atom stereocenters. The van der Waals surface area contributed by atoms with Gasteiger partial charge in [0.25, 0.3) is 5.69 Å². The van der Waals surface area contributed by atoms with Crippen LogP contribution >= 0.6 is 0 Å². The van der Waals surface area contributed by atoms with E-state index in [1.807, 2.05) is 17.9 Å². The van der Waals surface area contributed by atoms with Gasteiger partial charge in [-0.1, -0.05) is 6.07 Å². The van der Waals surface area contributed by atoms with Gasteiger partial charge in [-0.15, -0.1) is 0 Å². The highest BCUT2D eigenvalue weighted by atomic mass is 16.6. The van der Waals surface area contributed by atoms with Gasteiger partial charge in [-0.2, -0.15) is 0 Å². The Morgan fingerprint density at radius 1 is 1.57 bits per heavy atom. The highest BCUT2D eigenvalue weighted by Gasteiger charge is 2.27. The number of carbonyl (C=O) groups is 1. The van der Waals surface area contributed by atoms with E-state index < -0.39 is 0 Å². The molecule has 1 aliphatic heterocycles. The summed E-state index contributed by atoms with van der Waals surface area (Å²) in [5, 5.41) is 11.2. The molecule has 1 saturated heterocycles. The molecule has 1 aromatic carbocycles. The van der Waals surface area contributed by atoms with E-state index in [1.54, 1.807) is 12.1 Å². The Morgan fingerprint density at radius 2 is 2.33 bits per heavy atom. The maximum atomic E-state index is 11.3. The molecule has 1 heterocycles.